The predicted molar refractivity (Wildman–Crippen MR) is 76.5 cm³/mol. The minimum atomic E-state index is -0.772. The molecule has 1 fully saturated rings. The molecule has 0 spiro atoms. The zero-order chi connectivity index (χ0) is 13.8. The van der Waals surface area contributed by atoms with Crippen LogP contribution in [-0.2, 0) is 0 Å². The maximum atomic E-state index is 14.0. The monoisotopic (exact) mass is 286 g/mol. The Bertz CT molecular complexity index is 428. The van der Waals surface area contributed by atoms with Crippen LogP contribution in [-0.4, -0.2) is 42.6 Å². The van der Waals surface area contributed by atoms with Crippen LogP contribution in [0.5, 0.6) is 0 Å². The summed E-state index contributed by atoms with van der Waals surface area (Å²) < 4.78 is 27.4. The summed E-state index contributed by atoms with van der Waals surface area (Å²) in [7, 11) is 2.05. The Morgan fingerprint density at radius 1 is 1.47 bits per heavy atom. The number of thioether (sulfide) groups is 1. The van der Waals surface area contributed by atoms with E-state index in [9.17, 15) is 8.78 Å². The van der Waals surface area contributed by atoms with Gasteiger partial charge in [0.1, 0.15) is 0 Å². The van der Waals surface area contributed by atoms with Crippen LogP contribution in [0.4, 0.5) is 8.78 Å². The van der Waals surface area contributed by atoms with E-state index in [-0.39, 0.29) is 12.1 Å². The molecule has 19 heavy (non-hydrogen) atoms. The van der Waals surface area contributed by atoms with Gasteiger partial charge in [0.25, 0.3) is 0 Å². The number of nitrogens with one attached hydrogen (secondary N) is 1. The molecule has 5 heteroatoms. The Balaban J connectivity index is 2.30. The zero-order valence-corrected chi connectivity index (χ0v) is 12.1. The highest BCUT2D eigenvalue weighted by molar-refractivity contribution is 7.99. The molecule has 1 aliphatic rings. The van der Waals surface area contributed by atoms with Crippen molar-refractivity contribution in [2.45, 2.75) is 19.0 Å². The van der Waals surface area contributed by atoms with Crippen LogP contribution in [0.3, 0.4) is 0 Å². The van der Waals surface area contributed by atoms with Gasteiger partial charge in [-0.05, 0) is 19.7 Å². The average molecular weight is 286 g/mol. The molecule has 0 radical (unpaired) electrons. The van der Waals surface area contributed by atoms with E-state index in [2.05, 4.69) is 10.2 Å². The summed E-state index contributed by atoms with van der Waals surface area (Å²) in [6.45, 7) is 3.70. The van der Waals surface area contributed by atoms with Gasteiger partial charge in [-0.3, -0.25) is 4.90 Å². The third-order valence-corrected chi connectivity index (χ3v) is 4.62. The van der Waals surface area contributed by atoms with Gasteiger partial charge in [0.05, 0.1) is 6.04 Å². The molecule has 0 amide bonds. The maximum Gasteiger partial charge on any atom is 0.163 e. The number of nitrogens with zero attached hydrogens (tertiary/aromatic N) is 1. The van der Waals surface area contributed by atoms with Crippen molar-refractivity contribution in [3.05, 3.63) is 35.4 Å². The Morgan fingerprint density at radius 2 is 2.26 bits per heavy atom. The third kappa shape index (κ3) is 3.27. The predicted octanol–water partition coefficient (Wildman–Crippen LogP) is 2.66. The van der Waals surface area contributed by atoms with Gasteiger partial charge in [-0.2, -0.15) is 11.8 Å². The van der Waals surface area contributed by atoms with Crippen molar-refractivity contribution in [3.8, 4) is 0 Å². The van der Waals surface area contributed by atoms with Gasteiger partial charge in [0.2, 0.25) is 0 Å². The van der Waals surface area contributed by atoms with E-state index < -0.39 is 11.6 Å². The van der Waals surface area contributed by atoms with E-state index in [4.69, 9.17) is 0 Å². The summed E-state index contributed by atoms with van der Waals surface area (Å²) in [6.07, 6.45) is 0. The number of halogens is 2. The molecule has 1 aromatic rings. The van der Waals surface area contributed by atoms with Gasteiger partial charge in [-0.1, -0.05) is 19.1 Å². The SMILES string of the molecule is CCNC(c1cccc(F)c1F)C1CSCCN1C. The molecule has 1 aromatic carbocycles. The topological polar surface area (TPSA) is 15.3 Å². The zero-order valence-electron chi connectivity index (χ0n) is 11.3. The van der Waals surface area contributed by atoms with E-state index >= 15 is 0 Å². The van der Waals surface area contributed by atoms with Crippen molar-refractivity contribution in [1.29, 1.82) is 0 Å². The molecule has 0 aromatic heterocycles. The number of hydrogen-bond donors (Lipinski definition) is 1. The summed E-state index contributed by atoms with van der Waals surface area (Å²) in [5, 5.41) is 3.31. The van der Waals surface area contributed by atoms with Gasteiger partial charge in [-0.15, -0.1) is 0 Å². The molecule has 2 atom stereocenters. The first-order valence-corrected chi connectivity index (χ1v) is 7.76. The lowest BCUT2D eigenvalue weighted by atomic mass is 9.98. The van der Waals surface area contributed by atoms with E-state index in [0.717, 1.165) is 24.6 Å². The summed E-state index contributed by atoms with van der Waals surface area (Å²) in [4.78, 5) is 2.23. The molecule has 1 aliphatic heterocycles. The molecular weight excluding hydrogens is 266 g/mol. The van der Waals surface area contributed by atoms with Crippen molar-refractivity contribution in [1.82, 2.24) is 10.2 Å². The highest BCUT2D eigenvalue weighted by Crippen LogP contribution is 2.29. The Morgan fingerprint density at radius 3 is 2.95 bits per heavy atom. The molecule has 1 heterocycles. The standard InChI is InChI=1S/C14H20F2N2S/c1-3-17-14(12-9-19-8-7-18(12)2)10-5-4-6-11(15)13(10)16/h4-6,12,14,17H,3,7-9H2,1-2H3. The second kappa shape index (κ2) is 6.68. The van der Waals surface area contributed by atoms with E-state index in [0.29, 0.717) is 5.56 Å². The maximum absolute atomic E-state index is 14.0. The molecule has 1 N–H and O–H groups in total. The van der Waals surface area contributed by atoms with Crippen molar-refractivity contribution in [3.63, 3.8) is 0 Å². The Labute approximate surface area is 117 Å². The smallest absolute Gasteiger partial charge is 0.163 e. The van der Waals surface area contributed by atoms with Crippen LogP contribution in [0.1, 0.15) is 18.5 Å². The fourth-order valence-corrected chi connectivity index (χ4v) is 3.76. The molecule has 0 saturated carbocycles. The van der Waals surface area contributed by atoms with Gasteiger partial charge in [0, 0.05) is 29.7 Å². The summed E-state index contributed by atoms with van der Waals surface area (Å²) in [5.41, 5.74) is 0.432. The van der Waals surface area contributed by atoms with E-state index in [1.165, 1.54) is 6.07 Å². The largest absolute Gasteiger partial charge is 0.309 e. The lowest BCUT2D eigenvalue weighted by Gasteiger charge is -2.38. The van der Waals surface area contributed by atoms with Crippen molar-refractivity contribution >= 4 is 11.8 Å². The molecule has 2 rings (SSSR count). The normalized spacial score (nSPS) is 22.4. The summed E-state index contributed by atoms with van der Waals surface area (Å²) in [6, 6.07) is 4.45. The summed E-state index contributed by atoms with van der Waals surface area (Å²) in [5.74, 6) is 0.533. The van der Waals surface area contributed by atoms with Gasteiger partial charge in [-0.25, -0.2) is 8.78 Å². The number of hydrogen-bond acceptors (Lipinski definition) is 3. The minimum Gasteiger partial charge on any atom is -0.309 e. The Hall–Kier alpha value is -0.650. The van der Waals surface area contributed by atoms with Gasteiger partial charge >= 0.3 is 0 Å². The molecule has 2 unspecified atom stereocenters. The first-order chi connectivity index (χ1) is 9.15. The summed E-state index contributed by atoms with van der Waals surface area (Å²) >= 11 is 1.87. The van der Waals surface area contributed by atoms with Gasteiger partial charge in [0.15, 0.2) is 11.6 Å². The molecular formula is C14H20F2N2S. The fourth-order valence-electron chi connectivity index (χ4n) is 2.49. The minimum absolute atomic E-state index is 0.168. The van der Waals surface area contributed by atoms with Crippen LogP contribution >= 0.6 is 11.8 Å². The van der Waals surface area contributed by atoms with Gasteiger partial charge < -0.3 is 5.32 Å². The molecule has 2 nitrogen and oxygen atoms in total. The lowest BCUT2D eigenvalue weighted by Crippen LogP contribution is -2.48. The number of benzene rings is 1. The quantitative estimate of drug-likeness (QED) is 0.916. The van der Waals surface area contributed by atoms with E-state index in [1.54, 1.807) is 12.1 Å². The first kappa shape index (κ1) is 14.8. The highest BCUT2D eigenvalue weighted by Gasteiger charge is 2.30. The Kier molecular flexibility index (Phi) is 5.19. The van der Waals surface area contributed by atoms with Crippen LogP contribution in [0.15, 0.2) is 18.2 Å². The average Bonchev–Trinajstić information content (AvgIpc) is 2.41. The van der Waals surface area contributed by atoms with Crippen LogP contribution in [0.25, 0.3) is 0 Å². The van der Waals surface area contributed by atoms with Crippen molar-refractivity contribution in [2.24, 2.45) is 0 Å². The van der Waals surface area contributed by atoms with Crippen LogP contribution in [0, 0.1) is 11.6 Å². The van der Waals surface area contributed by atoms with Crippen LogP contribution < -0.4 is 5.32 Å². The third-order valence-electron chi connectivity index (χ3n) is 3.57. The molecule has 0 aliphatic carbocycles. The molecule has 106 valence electrons. The first-order valence-electron chi connectivity index (χ1n) is 6.60. The molecule has 1 saturated heterocycles. The number of likely N-dealkylation sites (N-methyl/N-ethyl adjacent to an activating group) is 2. The van der Waals surface area contributed by atoms with Crippen molar-refractivity contribution < 1.29 is 8.78 Å². The number of rotatable bonds is 4. The lowest BCUT2D eigenvalue weighted by molar-refractivity contribution is 0.213. The van der Waals surface area contributed by atoms with E-state index in [1.807, 2.05) is 25.7 Å². The fraction of sp³-hybridized carbons (Fsp3) is 0.571. The van der Waals surface area contributed by atoms with Crippen LogP contribution in [0.2, 0.25) is 0 Å². The molecule has 0 bridgehead atoms. The second-order valence-electron chi connectivity index (χ2n) is 4.80. The second-order valence-corrected chi connectivity index (χ2v) is 5.95. The van der Waals surface area contributed by atoms with Crippen molar-refractivity contribution in [2.75, 3.05) is 31.6 Å². The highest BCUT2D eigenvalue weighted by atomic mass is 32.2.